The Hall–Kier alpha value is -1.56. The van der Waals surface area contributed by atoms with Crippen LogP contribution in [0.15, 0.2) is 48.1 Å². The Morgan fingerprint density at radius 2 is 1.15 bits per heavy atom. The van der Waals surface area contributed by atoms with Gasteiger partial charge in [-0.05, 0) is 39.2 Å². The molecule has 0 heteroatoms. The summed E-state index contributed by atoms with van der Waals surface area (Å²) in [6.45, 7) is 13.7. The fourth-order valence-electron chi connectivity index (χ4n) is 2.28. The van der Waals surface area contributed by atoms with Gasteiger partial charge in [0.1, 0.15) is 0 Å². The van der Waals surface area contributed by atoms with Gasteiger partial charge in [0.15, 0.2) is 0 Å². The van der Waals surface area contributed by atoms with Crippen molar-refractivity contribution in [2.75, 3.05) is 0 Å². The highest BCUT2D eigenvalue weighted by molar-refractivity contribution is 5.63. The van der Waals surface area contributed by atoms with E-state index in [2.05, 4.69) is 90.1 Å². The van der Waals surface area contributed by atoms with Crippen LogP contribution in [0.4, 0.5) is 0 Å². The average molecular weight is 266 g/mol. The quantitative estimate of drug-likeness (QED) is 0.603. The molecule has 106 valence electrons. The number of rotatable bonds is 1. The van der Waals surface area contributed by atoms with E-state index >= 15 is 0 Å². The number of allylic oxidation sites excluding steroid dienone is 5. The first-order valence-corrected chi connectivity index (χ1v) is 7.39. The average Bonchev–Trinajstić information content (AvgIpc) is 2.79. The lowest BCUT2D eigenvalue weighted by Crippen LogP contribution is -2.16. The molecular weight excluding hydrogens is 240 g/mol. The molecule has 0 nitrogen and oxygen atoms in total. The smallest absolute Gasteiger partial charge is 0.0132 e. The van der Waals surface area contributed by atoms with E-state index in [0.717, 1.165) is 0 Å². The molecule has 0 bridgehead atoms. The van der Waals surface area contributed by atoms with E-state index in [-0.39, 0.29) is 10.8 Å². The second-order valence-corrected chi connectivity index (χ2v) is 7.71. The summed E-state index contributed by atoms with van der Waals surface area (Å²) in [5.41, 5.74) is 5.74. The van der Waals surface area contributed by atoms with Crippen molar-refractivity contribution in [1.82, 2.24) is 0 Å². The lowest BCUT2D eigenvalue weighted by molar-refractivity contribution is 0.568. The third-order valence-corrected chi connectivity index (χ3v) is 3.71. The molecule has 0 atom stereocenters. The minimum Gasteiger partial charge on any atom is -0.0617 e. The van der Waals surface area contributed by atoms with Gasteiger partial charge in [-0.3, -0.25) is 0 Å². The van der Waals surface area contributed by atoms with E-state index in [1.165, 1.54) is 22.3 Å². The standard InChI is InChI=1S/C20H26/c1-19(2,3)17-12-16(11-15-9-7-8-10-15)13-18(14-17)20(4,5)6/h7-14H,1-6H3. The molecule has 0 spiro atoms. The normalized spacial score (nSPS) is 15.0. The van der Waals surface area contributed by atoms with E-state index in [0.29, 0.717) is 0 Å². The fourth-order valence-corrected chi connectivity index (χ4v) is 2.28. The van der Waals surface area contributed by atoms with E-state index in [1.807, 2.05) is 0 Å². The van der Waals surface area contributed by atoms with Crippen molar-refractivity contribution in [3.8, 4) is 0 Å². The van der Waals surface area contributed by atoms with Crippen LogP contribution < -0.4 is 0 Å². The van der Waals surface area contributed by atoms with Gasteiger partial charge in [-0.15, -0.1) is 0 Å². The van der Waals surface area contributed by atoms with E-state index < -0.39 is 0 Å². The van der Waals surface area contributed by atoms with Gasteiger partial charge < -0.3 is 0 Å². The van der Waals surface area contributed by atoms with Crippen LogP contribution in [0.25, 0.3) is 6.08 Å². The Morgan fingerprint density at radius 1 is 0.700 bits per heavy atom. The summed E-state index contributed by atoms with van der Waals surface area (Å²) in [6.07, 6.45) is 10.7. The second-order valence-electron chi connectivity index (χ2n) is 7.71. The first-order chi connectivity index (χ1) is 9.16. The Bertz CT molecular complexity index is 535. The van der Waals surface area contributed by atoms with Crippen LogP contribution in [-0.4, -0.2) is 0 Å². The topological polar surface area (TPSA) is 0 Å². The van der Waals surface area contributed by atoms with Crippen molar-refractivity contribution in [2.45, 2.75) is 52.4 Å². The van der Waals surface area contributed by atoms with Crippen molar-refractivity contribution in [3.05, 3.63) is 64.8 Å². The van der Waals surface area contributed by atoms with Crippen molar-refractivity contribution in [2.24, 2.45) is 0 Å². The molecule has 0 aromatic heterocycles. The maximum absolute atomic E-state index is 2.36. The SMILES string of the molecule is CC(C)(C)c1cc(C=C2C=CC=C2)cc(C(C)(C)C)c1. The molecular formula is C20H26. The molecule has 2 rings (SSSR count). The predicted octanol–water partition coefficient (Wildman–Crippen LogP) is 5.79. The molecule has 0 aliphatic heterocycles. The van der Waals surface area contributed by atoms with Crippen LogP contribution in [0, 0.1) is 0 Å². The third kappa shape index (κ3) is 3.50. The molecule has 0 amide bonds. The molecule has 0 saturated heterocycles. The molecule has 1 aliphatic rings. The first-order valence-electron chi connectivity index (χ1n) is 7.39. The summed E-state index contributed by atoms with van der Waals surface area (Å²) in [6, 6.07) is 7.01. The summed E-state index contributed by atoms with van der Waals surface area (Å²) < 4.78 is 0. The molecule has 0 radical (unpaired) electrons. The Labute approximate surface area is 123 Å². The maximum Gasteiger partial charge on any atom is -0.0132 e. The molecule has 0 unspecified atom stereocenters. The first kappa shape index (κ1) is 14.8. The molecule has 1 aromatic carbocycles. The summed E-state index contributed by atoms with van der Waals surface area (Å²) in [5.74, 6) is 0. The van der Waals surface area contributed by atoms with E-state index in [4.69, 9.17) is 0 Å². The van der Waals surface area contributed by atoms with Gasteiger partial charge in [0.25, 0.3) is 0 Å². The van der Waals surface area contributed by atoms with Gasteiger partial charge >= 0.3 is 0 Å². The minimum atomic E-state index is 0.176. The molecule has 0 N–H and O–H groups in total. The van der Waals surface area contributed by atoms with Crippen LogP contribution in [0.2, 0.25) is 0 Å². The summed E-state index contributed by atoms with van der Waals surface area (Å²) in [7, 11) is 0. The van der Waals surface area contributed by atoms with Crippen LogP contribution in [0.5, 0.6) is 0 Å². The molecule has 0 heterocycles. The van der Waals surface area contributed by atoms with Gasteiger partial charge in [-0.2, -0.15) is 0 Å². The van der Waals surface area contributed by atoms with Gasteiger partial charge in [-0.25, -0.2) is 0 Å². The molecule has 1 aromatic rings. The lowest BCUT2D eigenvalue weighted by atomic mass is 9.79. The highest BCUT2D eigenvalue weighted by atomic mass is 14.2. The Kier molecular flexibility index (Phi) is 3.77. The Balaban J connectivity index is 2.54. The molecule has 1 aliphatic carbocycles. The number of benzene rings is 1. The molecule has 0 saturated carbocycles. The highest BCUT2D eigenvalue weighted by Gasteiger charge is 2.20. The van der Waals surface area contributed by atoms with Crippen molar-refractivity contribution < 1.29 is 0 Å². The largest absolute Gasteiger partial charge is 0.0617 e. The van der Waals surface area contributed by atoms with Crippen molar-refractivity contribution in [1.29, 1.82) is 0 Å². The zero-order valence-corrected chi connectivity index (χ0v) is 13.6. The van der Waals surface area contributed by atoms with Crippen molar-refractivity contribution in [3.63, 3.8) is 0 Å². The van der Waals surface area contributed by atoms with Gasteiger partial charge in [0.2, 0.25) is 0 Å². The maximum atomic E-state index is 2.36. The van der Waals surface area contributed by atoms with Crippen LogP contribution >= 0.6 is 0 Å². The van der Waals surface area contributed by atoms with Gasteiger partial charge in [0.05, 0.1) is 0 Å². The fraction of sp³-hybridized carbons (Fsp3) is 0.400. The molecule has 0 fully saturated rings. The summed E-state index contributed by atoms with van der Waals surface area (Å²) in [4.78, 5) is 0. The zero-order valence-electron chi connectivity index (χ0n) is 13.6. The molecule has 20 heavy (non-hydrogen) atoms. The van der Waals surface area contributed by atoms with E-state index in [9.17, 15) is 0 Å². The summed E-state index contributed by atoms with van der Waals surface area (Å²) in [5, 5.41) is 0. The van der Waals surface area contributed by atoms with E-state index in [1.54, 1.807) is 0 Å². The van der Waals surface area contributed by atoms with Crippen LogP contribution in [-0.2, 0) is 10.8 Å². The predicted molar refractivity (Wildman–Crippen MR) is 90.1 cm³/mol. The zero-order chi connectivity index (χ0) is 15.0. The Morgan fingerprint density at radius 3 is 1.55 bits per heavy atom. The highest BCUT2D eigenvalue weighted by Crippen LogP contribution is 2.31. The monoisotopic (exact) mass is 266 g/mol. The second kappa shape index (κ2) is 5.09. The van der Waals surface area contributed by atoms with Crippen molar-refractivity contribution >= 4 is 6.08 Å². The van der Waals surface area contributed by atoms with Crippen LogP contribution in [0.3, 0.4) is 0 Å². The third-order valence-electron chi connectivity index (χ3n) is 3.71. The summed E-state index contributed by atoms with van der Waals surface area (Å²) >= 11 is 0. The minimum absolute atomic E-state index is 0.176. The van der Waals surface area contributed by atoms with Gasteiger partial charge in [-0.1, -0.05) is 84.0 Å². The number of hydrogen-bond acceptors (Lipinski definition) is 0. The van der Waals surface area contributed by atoms with Gasteiger partial charge in [0, 0.05) is 0 Å². The lowest BCUT2D eigenvalue weighted by Gasteiger charge is -2.25. The van der Waals surface area contributed by atoms with Crippen LogP contribution in [0.1, 0.15) is 58.2 Å². The number of hydrogen-bond donors (Lipinski definition) is 0.